The Morgan fingerprint density at radius 2 is 1.06 bits per heavy atom. The maximum absolute atomic E-state index is 11.6. The standard InChI is InChI=1S/C21H32N4O6/c1-13-9-17-11-24(15(3)20(28)29)7-5-23(14(2)19(26)27)6-8-25(16(4)21(30)31)12-18(10-13)22-17/h9-10,14-16H,5-8,11-12H2,1-4H3,(H,26,27)(H,28,29)(H,30,31). The van der Waals surface area contributed by atoms with Crippen molar-refractivity contribution in [2.45, 2.75) is 58.9 Å². The molecule has 0 amide bonds. The lowest BCUT2D eigenvalue weighted by atomic mass is 10.1. The van der Waals surface area contributed by atoms with Crippen LogP contribution in [0.4, 0.5) is 0 Å². The fraction of sp³-hybridized carbons (Fsp3) is 0.619. The Labute approximate surface area is 182 Å². The van der Waals surface area contributed by atoms with Crippen molar-refractivity contribution >= 4 is 17.9 Å². The van der Waals surface area contributed by atoms with Crippen molar-refractivity contribution in [1.29, 1.82) is 0 Å². The predicted octanol–water partition coefficient (Wildman–Crippen LogP) is 0.729. The molecule has 0 aliphatic carbocycles. The van der Waals surface area contributed by atoms with E-state index < -0.39 is 36.0 Å². The summed E-state index contributed by atoms with van der Waals surface area (Å²) in [6, 6.07) is 1.46. The Bertz CT molecular complexity index is 765. The van der Waals surface area contributed by atoms with Crippen molar-refractivity contribution in [2.24, 2.45) is 0 Å². The van der Waals surface area contributed by atoms with Gasteiger partial charge in [-0.3, -0.25) is 34.1 Å². The van der Waals surface area contributed by atoms with Gasteiger partial charge >= 0.3 is 17.9 Å². The average Bonchev–Trinajstić information content (AvgIpc) is 2.68. The summed E-state index contributed by atoms with van der Waals surface area (Å²) in [5, 5.41) is 28.6. The predicted molar refractivity (Wildman–Crippen MR) is 113 cm³/mol. The molecule has 172 valence electrons. The number of fused-ring (bicyclic) bond motifs is 2. The van der Waals surface area contributed by atoms with E-state index in [2.05, 4.69) is 4.98 Å². The first-order chi connectivity index (χ1) is 14.5. The molecule has 0 spiro atoms. The van der Waals surface area contributed by atoms with Crippen LogP contribution in [0.1, 0.15) is 37.7 Å². The number of pyridine rings is 1. The molecule has 1 aromatic heterocycles. The minimum Gasteiger partial charge on any atom is -0.480 e. The highest BCUT2D eigenvalue weighted by atomic mass is 16.4. The van der Waals surface area contributed by atoms with Crippen molar-refractivity contribution in [3.8, 4) is 0 Å². The monoisotopic (exact) mass is 436 g/mol. The molecule has 2 heterocycles. The number of hydrogen-bond donors (Lipinski definition) is 3. The number of aryl methyl sites for hydroxylation is 1. The summed E-state index contributed by atoms with van der Waals surface area (Å²) < 4.78 is 0. The highest BCUT2D eigenvalue weighted by Gasteiger charge is 2.28. The number of carbonyl (C=O) groups is 3. The molecule has 0 aromatic carbocycles. The van der Waals surface area contributed by atoms with E-state index in [9.17, 15) is 29.7 Å². The first-order valence-corrected chi connectivity index (χ1v) is 10.4. The van der Waals surface area contributed by atoms with Gasteiger partial charge in [0.25, 0.3) is 0 Å². The third-order valence-electron chi connectivity index (χ3n) is 5.87. The van der Waals surface area contributed by atoms with Crippen LogP contribution in [-0.2, 0) is 27.5 Å². The SMILES string of the molecule is Cc1cc2nc(c1)CN(C(C)C(=O)O)CCN(C(C)C(=O)O)CCN(C(C)C(=O)O)C2. The number of aromatic nitrogens is 1. The van der Waals surface area contributed by atoms with Crippen molar-refractivity contribution in [3.63, 3.8) is 0 Å². The lowest BCUT2D eigenvalue weighted by molar-refractivity contribution is -0.145. The number of carboxylic acids is 3. The van der Waals surface area contributed by atoms with Crippen LogP contribution in [0.25, 0.3) is 0 Å². The van der Waals surface area contributed by atoms with Crippen LogP contribution in [0.3, 0.4) is 0 Å². The van der Waals surface area contributed by atoms with Gasteiger partial charge in [-0.15, -0.1) is 0 Å². The van der Waals surface area contributed by atoms with Crippen LogP contribution in [0, 0.1) is 6.92 Å². The first-order valence-electron chi connectivity index (χ1n) is 10.4. The zero-order valence-electron chi connectivity index (χ0n) is 18.5. The molecular weight excluding hydrogens is 404 g/mol. The van der Waals surface area contributed by atoms with E-state index in [-0.39, 0.29) is 0 Å². The van der Waals surface area contributed by atoms with E-state index in [4.69, 9.17) is 0 Å². The van der Waals surface area contributed by atoms with Crippen LogP contribution in [0.2, 0.25) is 0 Å². The zero-order valence-corrected chi connectivity index (χ0v) is 18.5. The molecule has 1 aliphatic heterocycles. The maximum atomic E-state index is 11.6. The molecular formula is C21H32N4O6. The van der Waals surface area contributed by atoms with E-state index in [1.165, 1.54) is 0 Å². The molecule has 31 heavy (non-hydrogen) atoms. The van der Waals surface area contributed by atoms with Gasteiger partial charge in [-0.2, -0.15) is 0 Å². The van der Waals surface area contributed by atoms with Crippen molar-refractivity contribution in [1.82, 2.24) is 19.7 Å². The van der Waals surface area contributed by atoms with Gasteiger partial charge in [-0.1, -0.05) is 0 Å². The van der Waals surface area contributed by atoms with E-state index in [0.29, 0.717) is 50.7 Å². The fourth-order valence-electron chi connectivity index (χ4n) is 3.70. The average molecular weight is 437 g/mol. The van der Waals surface area contributed by atoms with Gasteiger partial charge in [0.2, 0.25) is 0 Å². The van der Waals surface area contributed by atoms with Gasteiger partial charge < -0.3 is 15.3 Å². The molecule has 10 nitrogen and oxygen atoms in total. The van der Waals surface area contributed by atoms with Crippen LogP contribution >= 0.6 is 0 Å². The Balaban J connectivity index is 2.44. The van der Waals surface area contributed by atoms with Crippen molar-refractivity contribution in [3.05, 3.63) is 29.1 Å². The van der Waals surface area contributed by atoms with E-state index >= 15 is 0 Å². The lowest BCUT2D eigenvalue weighted by Crippen LogP contribution is -2.50. The summed E-state index contributed by atoms with van der Waals surface area (Å²) in [7, 11) is 0. The second kappa shape index (κ2) is 10.7. The number of aliphatic carboxylic acids is 3. The molecule has 1 aromatic rings. The van der Waals surface area contributed by atoms with Crippen molar-refractivity contribution in [2.75, 3.05) is 26.2 Å². The summed E-state index contributed by atoms with van der Waals surface area (Å²) in [4.78, 5) is 44.9. The summed E-state index contributed by atoms with van der Waals surface area (Å²) in [5.41, 5.74) is 2.36. The highest BCUT2D eigenvalue weighted by molar-refractivity contribution is 5.73. The van der Waals surface area contributed by atoms with Gasteiger partial charge in [0.05, 0.1) is 11.4 Å². The smallest absolute Gasteiger partial charge is 0.320 e. The Hall–Kier alpha value is -2.56. The molecule has 2 bridgehead atoms. The highest BCUT2D eigenvalue weighted by Crippen LogP contribution is 2.16. The number of rotatable bonds is 6. The minimum atomic E-state index is -0.981. The normalized spacial score (nSPS) is 20.1. The van der Waals surface area contributed by atoms with E-state index in [0.717, 1.165) is 5.56 Å². The molecule has 3 unspecified atom stereocenters. The Morgan fingerprint density at radius 1 is 0.742 bits per heavy atom. The molecule has 3 atom stereocenters. The van der Waals surface area contributed by atoms with Crippen LogP contribution in [-0.4, -0.2) is 97.2 Å². The molecule has 0 saturated heterocycles. The molecule has 10 heteroatoms. The second-order valence-corrected chi connectivity index (χ2v) is 8.15. The van der Waals surface area contributed by atoms with Gasteiger partial charge in [0, 0.05) is 39.3 Å². The van der Waals surface area contributed by atoms with Crippen LogP contribution in [0.15, 0.2) is 12.1 Å². The second-order valence-electron chi connectivity index (χ2n) is 8.15. The molecule has 0 radical (unpaired) electrons. The molecule has 0 saturated carbocycles. The Morgan fingerprint density at radius 3 is 1.42 bits per heavy atom. The summed E-state index contributed by atoms with van der Waals surface area (Å²) in [5.74, 6) is -2.90. The molecule has 2 rings (SSSR count). The minimum absolute atomic E-state index is 0.298. The van der Waals surface area contributed by atoms with Crippen molar-refractivity contribution < 1.29 is 29.7 Å². The van der Waals surface area contributed by atoms with Gasteiger partial charge in [0.1, 0.15) is 18.1 Å². The van der Waals surface area contributed by atoms with E-state index in [1.807, 2.05) is 19.1 Å². The third kappa shape index (κ3) is 6.71. The quantitative estimate of drug-likeness (QED) is 0.586. The van der Waals surface area contributed by atoms with Gasteiger partial charge in [0.15, 0.2) is 0 Å². The Kier molecular flexibility index (Phi) is 8.49. The van der Waals surface area contributed by atoms with E-state index in [1.54, 1.807) is 35.5 Å². The molecule has 3 N–H and O–H groups in total. The maximum Gasteiger partial charge on any atom is 0.320 e. The summed E-state index contributed by atoms with van der Waals surface area (Å²) >= 11 is 0. The number of carboxylic acid groups (broad SMARTS) is 3. The number of nitrogens with zero attached hydrogens (tertiary/aromatic N) is 4. The summed E-state index contributed by atoms with van der Waals surface area (Å²) in [6.07, 6.45) is 0. The molecule has 1 aliphatic rings. The van der Waals surface area contributed by atoms with Crippen LogP contribution < -0.4 is 0 Å². The largest absolute Gasteiger partial charge is 0.480 e. The topological polar surface area (TPSA) is 135 Å². The number of hydrogen-bond acceptors (Lipinski definition) is 7. The third-order valence-corrected chi connectivity index (χ3v) is 5.87. The lowest BCUT2D eigenvalue weighted by Gasteiger charge is -2.35. The molecule has 0 fully saturated rings. The summed E-state index contributed by atoms with van der Waals surface area (Å²) in [6.45, 7) is 8.65. The first kappa shape index (κ1) is 24.7. The fourth-order valence-corrected chi connectivity index (χ4v) is 3.70. The van der Waals surface area contributed by atoms with Crippen LogP contribution in [0.5, 0.6) is 0 Å². The van der Waals surface area contributed by atoms with Gasteiger partial charge in [-0.25, -0.2) is 0 Å². The van der Waals surface area contributed by atoms with Gasteiger partial charge in [-0.05, 0) is 45.4 Å². The zero-order chi connectivity index (χ0) is 23.3.